The highest BCUT2D eigenvalue weighted by Crippen LogP contribution is 2.25. The largest absolute Gasteiger partial charge is 0.357 e. The molecular formula is C19H30N4OS. The summed E-state index contributed by atoms with van der Waals surface area (Å²) in [6, 6.07) is 7.65. The zero-order valence-corrected chi connectivity index (χ0v) is 16.5. The summed E-state index contributed by atoms with van der Waals surface area (Å²) in [6.45, 7) is 10.3. The quantitative estimate of drug-likeness (QED) is 0.624. The minimum Gasteiger partial charge on any atom is -0.357 e. The fraction of sp³-hybridized carbons (Fsp3) is 0.579. The molecule has 0 radical (unpaired) electrons. The summed E-state index contributed by atoms with van der Waals surface area (Å²) in [7, 11) is 1.64. The second-order valence-corrected chi connectivity index (χ2v) is 7.89. The van der Waals surface area contributed by atoms with Crippen LogP contribution in [0.1, 0.15) is 36.7 Å². The van der Waals surface area contributed by atoms with E-state index in [4.69, 9.17) is 4.99 Å². The lowest BCUT2D eigenvalue weighted by atomic mass is 10.1. The van der Waals surface area contributed by atoms with Crippen LogP contribution in [0.5, 0.6) is 0 Å². The molecule has 1 aliphatic rings. The Morgan fingerprint density at radius 2 is 2.08 bits per heavy atom. The summed E-state index contributed by atoms with van der Waals surface area (Å²) < 4.78 is 0. The van der Waals surface area contributed by atoms with Crippen LogP contribution in [-0.4, -0.2) is 54.5 Å². The first-order valence-electron chi connectivity index (χ1n) is 9.01. The lowest BCUT2D eigenvalue weighted by Gasteiger charge is -2.36. The van der Waals surface area contributed by atoms with E-state index in [0.29, 0.717) is 23.3 Å². The van der Waals surface area contributed by atoms with Crippen LogP contribution in [0.25, 0.3) is 0 Å². The number of benzene rings is 1. The molecule has 25 heavy (non-hydrogen) atoms. The summed E-state index contributed by atoms with van der Waals surface area (Å²) in [5.41, 5.74) is 1.78. The molecule has 1 aromatic carbocycles. The zero-order valence-electron chi connectivity index (χ0n) is 15.7. The summed E-state index contributed by atoms with van der Waals surface area (Å²) in [5.74, 6) is 2.75. The highest BCUT2D eigenvalue weighted by Gasteiger charge is 2.24. The van der Waals surface area contributed by atoms with Crippen molar-refractivity contribution in [1.82, 2.24) is 15.5 Å². The Balaban J connectivity index is 2.05. The molecule has 1 amide bonds. The topological polar surface area (TPSA) is 56.7 Å². The molecule has 1 aromatic rings. The summed E-state index contributed by atoms with van der Waals surface area (Å²) >= 11 is 2.07. The maximum Gasteiger partial charge on any atom is 0.251 e. The van der Waals surface area contributed by atoms with Gasteiger partial charge in [0.05, 0.1) is 6.54 Å². The maximum atomic E-state index is 11.6. The second kappa shape index (κ2) is 9.70. The molecule has 1 fully saturated rings. The van der Waals surface area contributed by atoms with Gasteiger partial charge in [-0.25, -0.2) is 4.99 Å². The van der Waals surface area contributed by atoms with Crippen molar-refractivity contribution in [3.05, 3.63) is 35.4 Å². The molecule has 1 heterocycles. The van der Waals surface area contributed by atoms with Crippen LogP contribution in [0.15, 0.2) is 29.3 Å². The number of thioether (sulfide) groups is 1. The number of aliphatic imine (C=N–C) groups is 1. The lowest BCUT2D eigenvalue weighted by molar-refractivity contribution is 0.0963. The third-order valence-corrected chi connectivity index (χ3v) is 5.87. The van der Waals surface area contributed by atoms with Gasteiger partial charge in [0, 0.05) is 43.2 Å². The van der Waals surface area contributed by atoms with E-state index >= 15 is 0 Å². The van der Waals surface area contributed by atoms with Crippen molar-refractivity contribution in [3.63, 3.8) is 0 Å². The molecule has 6 heteroatoms. The predicted molar refractivity (Wildman–Crippen MR) is 107 cm³/mol. The molecule has 0 spiro atoms. The summed E-state index contributed by atoms with van der Waals surface area (Å²) in [4.78, 5) is 18.8. The van der Waals surface area contributed by atoms with Gasteiger partial charge in [0.2, 0.25) is 0 Å². The number of rotatable bonds is 5. The third-order valence-electron chi connectivity index (χ3n) is 4.33. The van der Waals surface area contributed by atoms with Gasteiger partial charge >= 0.3 is 0 Å². The average molecular weight is 363 g/mol. The number of hydrogen-bond donors (Lipinski definition) is 2. The molecule has 138 valence electrons. The van der Waals surface area contributed by atoms with E-state index in [1.165, 1.54) is 0 Å². The van der Waals surface area contributed by atoms with Crippen molar-refractivity contribution in [2.75, 3.05) is 32.4 Å². The van der Waals surface area contributed by atoms with Crippen LogP contribution < -0.4 is 10.6 Å². The molecule has 0 saturated carbocycles. The van der Waals surface area contributed by atoms with Crippen LogP contribution in [-0.2, 0) is 6.54 Å². The fourth-order valence-corrected chi connectivity index (χ4v) is 4.07. The number of nitrogens with zero attached hydrogens (tertiary/aromatic N) is 2. The molecule has 5 nitrogen and oxygen atoms in total. The van der Waals surface area contributed by atoms with E-state index < -0.39 is 0 Å². The first-order chi connectivity index (χ1) is 12.0. The maximum absolute atomic E-state index is 11.6. The molecule has 0 bridgehead atoms. The second-order valence-electron chi connectivity index (χ2n) is 6.55. The Morgan fingerprint density at radius 1 is 1.36 bits per heavy atom. The van der Waals surface area contributed by atoms with Crippen molar-refractivity contribution in [2.24, 2.45) is 10.9 Å². The Kier molecular flexibility index (Phi) is 7.62. The Labute approximate surface area is 155 Å². The standard InChI is InChI=1S/C19H30N4OS/c1-5-21-19(23-10-11-25-17(13-23)14(2)3)22-12-15-6-8-16(9-7-15)18(24)20-4/h6-9,14,17H,5,10-13H2,1-4H3,(H,20,24)(H,21,22). The monoisotopic (exact) mass is 362 g/mol. The smallest absolute Gasteiger partial charge is 0.251 e. The number of amides is 1. The Bertz CT molecular complexity index is 586. The molecule has 0 aliphatic carbocycles. The Morgan fingerprint density at radius 3 is 2.68 bits per heavy atom. The van der Waals surface area contributed by atoms with Crippen molar-refractivity contribution < 1.29 is 4.79 Å². The summed E-state index contributed by atoms with van der Waals surface area (Å²) in [5, 5.41) is 6.72. The number of carbonyl (C=O) groups is 1. The molecule has 0 aromatic heterocycles. The molecule has 2 N–H and O–H groups in total. The van der Waals surface area contributed by atoms with Gasteiger partial charge in [-0.2, -0.15) is 11.8 Å². The van der Waals surface area contributed by atoms with Gasteiger partial charge in [-0.1, -0.05) is 26.0 Å². The van der Waals surface area contributed by atoms with E-state index in [2.05, 4.69) is 48.1 Å². The van der Waals surface area contributed by atoms with Crippen molar-refractivity contribution >= 4 is 23.6 Å². The molecule has 2 rings (SSSR count). The van der Waals surface area contributed by atoms with Crippen LogP contribution in [0.2, 0.25) is 0 Å². The first kappa shape index (κ1) is 19.6. The molecule has 1 aliphatic heterocycles. The van der Waals surface area contributed by atoms with E-state index in [1.54, 1.807) is 7.05 Å². The van der Waals surface area contributed by atoms with E-state index in [0.717, 1.165) is 36.9 Å². The van der Waals surface area contributed by atoms with E-state index in [-0.39, 0.29) is 5.91 Å². The van der Waals surface area contributed by atoms with Crippen molar-refractivity contribution in [3.8, 4) is 0 Å². The van der Waals surface area contributed by atoms with Gasteiger partial charge in [-0.3, -0.25) is 4.79 Å². The summed E-state index contributed by atoms with van der Waals surface area (Å²) in [6.07, 6.45) is 0. The minimum absolute atomic E-state index is 0.0612. The Hall–Kier alpha value is -1.69. The van der Waals surface area contributed by atoms with Gasteiger partial charge in [0.15, 0.2) is 5.96 Å². The highest BCUT2D eigenvalue weighted by atomic mass is 32.2. The first-order valence-corrected chi connectivity index (χ1v) is 10.1. The van der Waals surface area contributed by atoms with Gasteiger partial charge in [0.25, 0.3) is 5.91 Å². The van der Waals surface area contributed by atoms with Crippen LogP contribution in [0.3, 0.4) is 0 Å². The average Bonchev–Trinajstić information content (AvgIpc) is 2.65. The van der Waals surface area contributed by atoms with Gasteiger partial charge < -0.3 is 15.5 Å². The van der Waals surface area contributed by atoms with Gasteiger partial charge in [-0.15, -0.1) is 0 Å². The number of hydrogen-bond acceptors (Lipinski definition) is 3. The SMILES string of the molecule is CCNC(=NCc1ccc(C(=O)NC)cc1)N1CCSC(C(C)C)C1. The number of carbonyl (C=O) groups excluding carboxylic acids is 1. The van der Waals surface area contributed by atoms with Crippen molar-refractivity contribution in [2.45, 2.75) is 32.6 Å². The zero-order chi connectivity index (χ0) is 18.2. The van der Waals surface area contributed by atoms with Crippen LogP contribution in [0, 0.1) is 5.92 Å². The minimum atomic E-state index is -0.0612. The van der Waals surface area contributed by atoms with Crippen LogP contribution >= 0.6 is 11.8 Å². The van der Waals surface area contributed by atoms with Crippen LogP contribution in [0.4, 0.5) is 0 Å². The highest BCUT2D eigenvalue weighted by molar-refractivity contribution is 8.00. The lowest BCUT2D eigenvalue weighted by Crippen LogP contribution is -2.49. The van der Waals surface area contributed by atoms with E-state index in [1.807, 2.05) is 24.3 Å². The van der Waals surface area contributed by atoms with Gasteiger partial charge in [-0.05, 0) is 30.5 Å². The van der Waals surface area contributed by atoms with Crippen molar-refractivity contribution in [1.29, 1.82) is 0 Å². The fourth-order valence-electron chi connectivity index (χ4n) is 2.77. The molecule has 1 unspecified atom stereocenters. The predicted octanol–water partition coefficient (Wildman–Crippen LogP) is 2.59. The number of nitrogens with one attached hydrogen (secondary N) is 2. The molecule has 1 atom stereocenters. The molecule has 1 saturated heterocycles. The number of guanidine groups is 1. The third kappa shape index (κ3) is 5.66. The normalized spacial score (nSPS) is 18.4. The molecular weight excluding hydrogens is 332 g/mol. The van der Waals surface area contributed by atoms with Gasteiger partial charge in [0.1, 0.15) is 0 Å². The van der Waals surface area contributed by atoms with E-state index in [9.17, 15) is 4.79 Å².